The first-order valence-electron chi connectivity index (χ1n) is 7.00. The molecule has 2 heterocycles. The zero-order valence-corrected chi connectivity index (χ0v) is 13.1. The minimum absolute atomic E-state index is 0.155. The predicted molar refractivity (Wildman–Crippen MR) is 72.8 cm³/mol. The molecule has 0 aliphatic carbocycles. The Hall–Kier alpha value is -1.34. The molecule has 1 spiro atoms. The van der Waals surface area contributed by atoms with Gasteiger partial charge in [0.05, 0.1) is 13.2 Å². The molecule has 1 amide bonds. The summed E-state index contributed by atoms with van der Waals surface area (Å²) in [6.07, 6.45) is -0.439. The first kappa shape index (κ1) is 16.0. The van der Waals surface area contributed by atoms with Crippen LogP contribution in [-0.4, -0.2) is 58.3 Å². The fourth-order valence-corrected chi connectivity index (χ4v) is 2.74. The smallest absolute Gasteiger partial charge is 0.411 e. The third-order valence-electron chi connectivity index (χ3n) is 3.46. The first-order valence-corrected chi connectivity index (χ1v) is 7.00. The van der Waals surface area contributed by atoms with Crippen LogP contribution in [0, 0.1) is 0 Å². The van der Waals surface area contributed by atoms with E-state index >= 15 is 0 Å². The number of carboxylic acids is 1. The summed E-state index contributed by atoms with van der Waals surface area (Å²) in [5, 5.41) is 9.36. The summed E-state index contributed by atoms with van der Waals surface area (Å²) < 4.78 is 16.7. The molecule has 2 fully saturated rings. The Balaban J connectivity index is 2.17. The lowest BCUT2D eigenvalue weighted by Crippen LogP contribution is -2.44. The van der Waals surface area contributed by atoms with Gasteiger partial charge in [0, 0.05) is 6.42 Å². The van der Waals surface area contributed by atoms with Crippen LogP contribution in [0.1, 0.15) is 41.0 Å². The number of carbonyl (C=O) groups excluding carboxylic acids is 1. The van der Waals surface area contributed by atoms with Crippen molar-refractivity contribution in [3.05, 3.63) is 0 Å². The van der Waals surface area contributed by atoms with Gasteiger partial charge in [-0.3, -0.25) is 4.90 Å². The molecular weight excluding hydrogens is 278 g/mol. The van der Waals surface area contributed by atoms with Crippen molar-refractivity contribution < 1.29 is 28.9 Å². The molecule has 0 aromatic heterocycles. The number of ether oxygens (including phenoxy) is 3. The number of rotatable bonds is 1. The normalized spacial score (nSPS) is 31.7. The van der Waals surface area contributed by atoms with Crippen LogP contribution in [0.5, 0.6) is 0 Å². The lowest BCUT2D eigenvalue weighted by Gasteiger charge is -2.27. The highest BCUT2D eigenvalue weighted by Gasteiger charge is 2.56. The topological polar surface area (TPSA) is 85.3 Å². The minimum Gasteiger partial charge on any atom is -0.480 e. The second kappa shape index (κ2) is 4.84. The quantitative estimate of drug-likeness (QED) is 0.792. The molecule has 1 N–H and O–H groups in total. The van der Waals surface area contributed by atoms with Gasteiger partial charge in [0.1, 0.15) is 17.2 Å². The number of hydrogen-bond donors (Lipinski definition) is 1. The molecule has 2 atom stereocenters. The molecule has 0 radical (unpaired) electrons. The molecular formula is C14H23NO6. The maximum absolute atomic E-state index is 12.2. The van der Waals surface area contributed by atoms with E-state index in [1.165, 1.54) is 4.90 Å². The van der Waals surface area contributed by atoms with Crippen molar-refractivity contribution in [3.63, 3.8) is 0 Å². The number of amides is 1. The number of carbonyl (C=O) groups is 2. The molecule has 7 nitrogen and oxygen atoms in total. The van der Waals surface area contributed by atoms with Crippen molar-refractivity contribution in [2.24, 2.45) is 0 Å². The Morgan fingerprint density at radius 2 is 1.95 bits per heavy atom. The summed E-state index contributed by atoms with van der Waals surface area (Å²) in [4.78, 5) is 24.9. The van der Waals surface area contributed by atoms with Gasteiger partial charge in [-0.1, -0.05) is 0 Å². The van der Waals surface area contributed by atoms with Gasteiger partial charge >= 0.3 is 12.1 Å². The Bertz CT molecular complexity index is 455. The molecule has 0 bridgehead atoms. The summed E-state index contributed by atoms with van der Waals surface area (Å²) in [5.74, 6) is -1.83. The SMILES string of the molecule is CC(C)(C)OC(=O)N1C[C@]2(COC(C)(C)O2)C[C@H]1C(=O)O. The molecule has 21 heavy (non-hydrogen) atoms. The fraction of sp³-hybridized carbons (Fsp3) is 0.857. The van der Waals surface area contributed by atoms with E-state index in [-0.39, 0.29) is 19.6 Å². The van der Waals surface area contributed by atoms with Gasteiger partial charge in [0.15, 0.2) is 5.79 Å². The Labute approximate surface area is 124 Å². The summed E-state index contributed by atoms with van der Waals surface area (Å²) in [6, 6.07) is -0.961. The maximum atomic E-state index is 12.2. The van der Waals surface area contributed by atoms with Crippen molar-refractivity contribution in [2.45, 2.75) is 64.1 Å². The second-order valence-corrected chi connectivity index (χ2v) is 7.14. The molecule has 2 aliphatic heterocycles. The van der Waals surface area contributed by atoms with Gasteiger partial charge in [-0.15, -0.1) is 0 Å². The molecule has 0 saturated carbocycles. The van der Waals surface area contributed by atoms with E-state index < -0.39 is 35.1 Å². The van der Waals surface area contributed by atoms with Crippen molar-refractivity contribution >= 4 is 12.1 Å². The zero-order valence-electron chi connectivity index (χ0n) is 13.1. The summed E-state index contributed by atoms with van der Waals surface area (Å²) in [6.45, 7) is 9.19. The largest absolute Gasteiger partial charge is 0.480 e. The molecule has 7 heteroatoms. The van der Waals surface area contributed by atoms with Crippen molar-refractivity contribution in [2.75, 3.05) is 13.2 Å². The second-order valence-electron chi connectivity index (χ2n) is 7.14. The van der Waals surface area contributed by atoms with Crippen LogP contribution in [0.15, 0.2) is 0 Å². The molecule has 2 rings (SSSR count). The van der Waals surface area contributed by atoms with Crippen LogP contribution in [0.4, 0.5) is 4.79 Å². The third-order valence-corrected chi connectivity index (χ3v) is 3.46. The molecule has 0 aromatic rings. The van der Waals surface area contributed by atoms with E-state index in [1.54, 1.807) is 34.6 Å². The van der Waals surface area contributed by atoms with Crippen molar-refractivity contribution in [3.8, 4) is 0 Å². The van der Waals surface area contributed by atoms with Gasteiger partial charge in [-0.2, -0.15) is 0 Å². The average molecular weight is 301 g/mol. The van der Waals surface area contributed by atoms with Crippen LogP contribution < -0.4 is 0 Å². The van der Waals surface area contributed by atoms with E-state index in [9.17, 15) is 14.7 Å². The van der Waals surface area contributed by atoms with Crippen LogP contribution in [0.3, 0.4) is 0 Å². The number of likely N-dealkylation sites (tertiary alicyclic amines) is 1. The van der Waals surface area contributed by atoms with Gasteiger partial charge in [0.2, 0.25) is 0 Å². The number of hydrogen-bond acceptors (Lipinski definition) is 5. The van der Waals surface area contributed by atoms with Crippen LogP contribution in [0.2, 0.25) is 0 Å². The van der Waals surface area contributed by atoms with Gasteiger partial charge in [-0.05, 0) is 34.6 Å². The van der Waals surface area contributed by atoms with E-state index in [4.69, 9.17) is 14.2 Å². The van der Waals surface area contributed by atoms with E-state index in [0.29, 0.717) is 0 Å². The van der Waals surface area contributed by atoms with Crippen molar-refractivity contribution in [1.29, 1.82) is 0 Å². The zero-order chi connectivity index (χ0) is 16.1. The fourth-order valence-electron chi connectivity index (χ4n) is 2.74. The molecule has 0 unspecified atom stereocenters. The van der Waals surface area contributed by atoms with E-state index in [2.05, 4.69) is 0 Å². The Morgan fingerprint density at radius 1 is 1.33 bits per heavy atom. The van der Waals surface area contributed by atoms with Crippen LogP contribution in [-0.2, 0) is 19.0 Å². The lowest BCUT2D eigenvalue weighted by atomic mass is 10.0. The Kier molecular flexibility index (Phi) is 3.70. The number of aliphatic carboxylic acids is 1. The monoisotopic (exact) mass is 301 g/mol. The highest BCUT2D eigenvalue weighted by atomic mass is 16.8. The minimum atomic E-state index is -1.06. The van der Waals surface area contributed by atoms with Gasteiger partial charge < -0.3 is 19.3 Å². The molecule has 2 saturated heterocycles. The third kappa shape index (κ3) is 3.47. The van der Waals surface area contributed by atoms with Crippen molar-refractivity contribution in [1.82, 2.24) is 4.90 Å². The van der Waals surface area contributed by atoms with Gasteiger partial charge in [0.25, 0.3) is 0 Å². The Morgan fingerprint density at radius 3 is 2.38 bits per heavy atom. The van der Waals surface area contributed by atoms with E-state index in [1.807, 2.05) is 0 Å². The van der Waals surface area contributed by atoms with Gasteiger partial charge in [-0.25, -0.2) is 9.59 Å². The number of carboxylic acid groups (broad SMARTS) is 1. The standard InChI is InChI=1S/C14H23NO6/c1-12(2,3)20-11(18)15-7-14(6-9(15)10(16)17)8-19-13(4,5)21-14/h9H,6-8H2,1-5H3,(H,16,17)/t9-,14-/m0/s1. The molecule has 2 aliphatic rings. The van der Waals surface area contributed by atoms with Crippen LogP contribution >= 0.6 is 0 Å². The summed E-state index contributed by atoms with van der Waals surface area (Å²) in [7, 11) is 0. The highest BCUT2D eigenvalue weighted by molar-refractivity contribution is 5.81. The summed E-state index contributed by atoms with van der Waals surface area (Å²) in [5.41, 5.74) is -1.45. The number of nitrogens with zero attached hydrogens (tertiary/aromatic N) is 1. The maximum Gasteiger partial charge on any atom is 0.411 e. The highest BCUT2D eigenvalue weighted by Crippen LogP contribution is 2.40. The average Bonchev–Trinajstić information content (AvgIpc) is 2.78. The first-order chi connectivity index (χ1) is 9.43. The molecule has 0 aromatic carbocycles. The molecule has 120 valence electrons. The van der Waals surface area contributed by atoms with E-state index in [0.717, 1.165) is 0 Å². The summed E-state index contributed by atoms with van der Waals surface area (Å²) >= 11 is 0. The van der Waals surface area contributed by atoms with Crippen LogP contribution in [0.25, 0.3) is 0 Å². The predicted octanol–water partition coefficient (Wildman–Crippen LogP) is 1.60. The lowest BCUT2D eigenvalue weighted by molar-refractivity contribution is -0.159.